The molecule has 1 aliphatic rings. The van der Waals surface area contributed by atoms with Gasteiger partial charge in [-0.05, 0) is 49.3 Å². The Kier molecular flexibility index (Phi) is 7.60. The van der Waals surface area contributed by atoms with Gasteiger partial charge in [-0.25, -0.2) is 0 Å². The molecule has 4 unspecified atom stereocenters. The number of aliphatic hydroxyl groups excluding tert-OH is 2. The number of aliphatic hydroxyl groups is 2. The van der Waals surface area contributed by atoms with Gasteiger partial charge in [0.2, 0.25) is 5.91 Å². The Bertz CT molecular complexity index is 723. The molecule has 1 amide bonds. The molecule has 1 heterocycles. The second kappa shape index (κ2) is 10.4. The zero-order valence-corrected chi connectivity index (χ0v) is 16.1. The molecule has 3 rings (SSSR count). The molecule has 5 nitrogen and oxygen atoms in total. The summed E-state index contributed by atoms with van der Waals surface area (Å²) in [5.41, 5.74) is 2.01. The highest BCUT2D eigenvalue weighted by atomic mass is 16.3. The number of rotatable bonds is 8. The summed E-state index contributed by atoms with van der Waals surface area (Å²) >= 11 is 0. The van der Waals surface area contributed by atoms with Crippen LogP contribution in [0, 0.1) is 5.92 Å². The van der Waals surface area contributed by atoms with Crippen LogP contribution in [0.1, 0.15) is 36.5 Å². The van der Waals surface area contributed by atoms with Crippen LogP contribution in [0.4, 0.5) is 0 Å². The maximum Gasteiger partial charge on any atom is 0.237 e. The van der Waals surface area contributed by atoms with Gasteiger partial charge in [0.1, 0.15) is 6.10 Å². The molecule has 5 heteroatoms. The van der Waals surface area contributed by atoms with Gasteiger partial charge in [-0.1, -0.05) is 60.7 Å². The van der Waals surface area contributed by atoms with Crippen molar-refractivity contribution in [3.8, 4) is 0 Å². The molecule has 150 valence electrons. The molecular formula is C23H30N2O3. The van der Waals surface area contributed by atoms with Crippen molar-refractivity contribution < 1.29 is 15.0 Å². The fourth-order valence-electron chi connectivity index (χ4n) is 3.86. The fraction of sp³-hybridized carbons (Fsp3) is 0.435. The molecular weight excluding hydrogens is 352 g/mol. The van der Waals surface area contributed by atoms with Crippen LogP contribution in [-0.2, 0) is 11.2 Å². The van der Waals surface area contributed by atoms with E-state index in [1.54, 1.807) is 12.1 Å². The van der Waals surface area contributed by atoms with Gasteiger partial charge in [-0.15, -0.1) is 0 Å². The van der Waals surface area contributed by atoms with E-state index in [0.29, 0.717) is 11.5 Å². The highest BCUT2D eigenvalue weighted by Crippen LogP contribution is 2.23. The van der Waals surface area contributed by atoms with Crippen LogP contribution < -0.4 is 10.6 Å². The molecule has 0 saturated carbocycles. The number of piperidine rings is 1. The molecule has 1 fully saturated rings. The van der Waals surface area contributed by atoms with Crippen LogP contribution in [0.3, 0.4) is 0 Å². The average molecular weight is 383 g/mol. The molecule has 0 spiro atoms. The smallest absolute Gasteiger partial charge is 0.237 e. The monoisotopic (exact) mass is 382 g/mol. The second-order valence-electron chi connectivity index (χ2n) is 7.57. The molecule has 1 saturated heterocycles. The zero-order valence-electron chi connectivity index (χ0n) is 16.1. The van der Waals surface area contributed by atoms with Crippen LogP contribution in [0.25, 0.3) is 0 Å². The van der Waals surface area contributed by atoms with Crippen LogP contribution in [0.5, 0.6) is 0 Å². The number of hydrogen-bond acceptors (Lipinski definition) is 4. The summed E-state index contributed by atoms with van der Waals surface area (Å²) in [6.45, 7) is 0.495. The van der Waals surface area contributed by atoms with Gasteiger partial charge in [0.25, 0.3) is 0 Å². The van der Waals surface area contributed by atoms with E-state index in [-0.39, 0.29) is 18.6 Å². The van der Waals surface area contributed by atoms with E-state index in [9.17, 15) is 15.0 Å². The molecule has 28 heavy (non-hydrogen) atoms. The van der Waals surface area contributed by atoms with Gasteiger partial charge >= 0.3 is 0 Å². The molecule has 0 aromatic heterocycles. The first-order valence-corrected chi connectivity index (χ1v) is 10.1. The summed E-state index contributed by atoms with van der Waals surface area (Å²) in [7, 11) is 0. The van der Waals surface area contributed by atoms with Crippen molar-refractivity contribution in [1.29, 1.82) is 0 Å². The molecule has 4 atom stereocenters. The van der Waals surface area contributed by atoms with Crippen LogP contribution in [-0.4, -0.2) is 41.4 Å². The van der Waals surface area contributed by atoms with Crippen LogP contribution >= 0.6 is 0 Å². The molecule has 1 aliphatic heterocycles. The quantitative estimate of drug-likeness (QED) is 0.564. The van der Waals surface area contributed by atoms with E-state index < -0.39 is 12.1 Å². The lowest BCUT2D eigenvalue weighted by molar-refractivity contribution is -0.126. The lowest BCUT2D eigenvalue weighted by atomic mass is 9.87. The minimum atomic E-state index is -0.937. The normalized spacial score (nSPS) is 21.6. The Morgan fingerprint density at radius 3 is 2.46 bits per heavy atom. The predicted molar refractivity (Wildman–Crippen MR) is 110 cm³/mol. The Labute approximate surface area is 166 Å². The van der Waals surface area contributed by atoms with E-state index >= 15 is 0 Å². The van der Waals surface area contributed by atoms with Crippen molar-refractivity contribution in [3.63, 3.8) is 0 Å². The van der Waals surface area contributed by atoms with Gasteiger partial charge in [0.05, 0.1) is 18.7 Å². The first-order chi connectivity index (χ1) is 13.7. The summed E-state index contributed by atoms with van der Waals surface area (Å²) in [6, 6.07) is 18.5. The van der Waals surface area contributed by atoms with E-state index in [0.717, 1.165) is 32.2 Å². The van der Waals surface area contributed by atoms with Gasteiger partial charge in [0.15, 0.2) is 0 Å². The number of amides is 1. The summed E-state index contributed by atoms with van der Waals surface area (Å²) in [4.78, 5) is 12.7. The third kappa shape index (κ3) is 5.64. The highest BCUT2D eigenvalue weighted by Gasteiger charge is 2.30. The molecule has 2 aromatic rings. The number of carbonyl (C=O) groups is 1. The van der Waals surface area contributed by atoms with E-state index in [2.05, 4.69) is 34.9 Å². The molecule has 0 radical (unpaired) electrons. The van der Waals surface area contributed by atoms with E-state index in [1.165, 1.54) is 5.56 Å². The predicted octanol–water partition coefficient (Wildman–Crippen LogP) is 2.20. The van der Waals surface area contributed by atoms with Crippen molar-refractivity contribution in [1.82, 2.24) is 10.6 Å². The Balaban J connectivity index is 1.52. The molecule has 0 aliphatic carbocycles. The van der Waals surface area contributed by atoms with Crippen LogP contribution in [0.15, 0.2) is 60.7 Å². The van der Waals surface area contributed by atoms with Crippen molar-refractivity contribution >= 4 is 5.91 Å². The van der Waals surface area contributed by atoms with E-state index in [1.807, 2.05) is 24.3 Å². The average Bonchev–Trinajstić information content (AvgIpc) is 2.77. The van der Waals surface area contributed by atoms with Crippen molar-refractivity contribution in [3.05, 3.63) is 71.8 Å². The van der Waals surface area contributed by atoms with Gasteiger partial charge in [-0.2, -0.15) is 0 Å². The van der Waals surface area contributed by atoms with Gasteiger partial charge in [0, 0.05) is 0 Å². The summed E-state index contributed by atoms with van der Waals surface area (Å²) in [6.07, 6.45) is 2.98. The second-order valence-corrected chi connectivity index (χ2v) is 7.57. The first kappa shape index (κ1) is 20.5. The Morgan fingerprint density at radius 1 is 1.11 bits per heavy atom. The highest BCUT2D eigenvalue weighted by molar-refractivity contribution is 5.82. The third-order valence-corrected chi connectivity index (χ3v) is 5.56. The van der Waals surface area contributed by atoms with Crippen molar-refractivity contribution in [2.45, 2.75) is 43.9 Å². The summed E-state index contributed by atoms with van der Waals surface area (Å²) < 4.78 is 0. The Hall–Kier alpha value is -2.21. The molecule has 4 N–H and O–H groups in total. The first-order valence-electron chi connectivity index (χ1n) is 10.1. The number of nitrogens with one attached hydrogen (secondary N) is 2. The minimum absolute atomic E-state index is 0.154. The number of aryl methyl sites for hydroxylation is 1. The Morgan fingerprint density at radius 2 is 1.79 bits per heavy atom. The van der Waals surface area contributed by atoms with Crippen LogP contribution in [0.2, 0.25) is 0 Å². The zero-order chi connectivity index (χ0) is 19.8. The maximum absolute atomic E-state index is 12.7. The van der Waals surface area contributed by atoms with Crippen molar-refractivity contribution in [2.75, 3.05) is 13.2 Å². The van der Waals surface area contributed by atoms with Crippen molar-refractivity contribution in [2.24, 2.45) is 5.92 Å². The van der Waals surface area contributed by atoms with Gasteiger partial charge < -0.3 is 20.8 Å². The molecule has 0 bridgehead atoms. The van der Waals surface area contributed by atoms with Gasteiger partial charge in [-0.3, -0.25) is 4.79 Å². The third-order valence-electron chi connectivity index (χ3n) is 5.56. The summed E-state index contributed by atoms with van der Waals surface area (Å²) in [5.74, 6) is 0.335. The lowest BCUT2D eigenvalue weighted by Crippen LogP contribution is -2.53. The molecule has 2 aromatic carbocycles. The topological polar surface area (TPSA) is 81.6 Å². The minimum Gasteiger partial charge on any atom is -0.394 e. The SMILES string of the molecule is O=C(NC(CO)C(O)c1ccccc1)C1CC(CCc2ccccc2)CCN1. The summed E-state index contributed by atoms with van der Waals surface area (Å²) in [5, 5.41) is 26.3. The lowest BCUT2D eigenvalue weighted by Gasteiger charge is -2.31. The van der Waals surface area contributed by atoms with E-state index in [4.69, 9.17) is 0 Å². The standard InChI is InChI=1S/C23H30N2O3/c26-16-21(22(27)19-9-5-2-6-10-19)25-23(28)20-15-18(13-14-24-20)12-11-17-7-3-1-4-8-17/h1-10,18,20-22,24,26-27H,11-16H2,(H,25,28). The fourth-order valence-corrected chi connectivity index (χ4v) is 3.86. The maximum atomic E-state index is 12.7. The number of benzene rings is 2. The largest absolute Gasteiger partial charge is 0.394 e. The number of carbonyl (C=O) groups excluding carboxylic acids is 1. The number of hydrogen-bond donors (Lipinski definition) is 4.